The molecule has 1 aliphatic carbocycles. The summed E-state index contributed by atoms with van der Waals surface area (Å²) in [6.45, 7) is 2.99. The maximum atomic E-state index is 12.6. The molecule has 0 spiro atoms. The van der Waals surface area contributed by atoms with Gasteiger partial charge >= 0.3 is 0 Å². The van der Waals surface area contributed by atoms with Gasteiger partial charge in [-0.15, -0.1) is 6.58 Å². The van der Waals surface area contributed by atoms with E-state index < -0.39 is 35.5 Å². The van der Waals surface area contributed by atoms with Crippen LogP contribution >= 0.6 is 0 Å². The minimum atomic E-state index is -1.42. The molecule has 116 valence electrons. The molecule has 0 amide bonds. The molecule has 0 aromatic carbocycles. The SMILES string of the molecule is C=C[C@]1(CO)C(=O)[C@@H](n2cnc3c(=O)[nH]c(N)nc32)C[C@@H]1O. The number of ketones is 1. The minimum absolute atomic E-state index is 0.0524. The van der Waals surface area contributed by atoms with Crippen molar-refractivity contribution in [1.29, 1.82) is 0 Å². The highest BCUT2D eigenvalue weighted by atomic mass is 16.3. The molecule has 0 unspecified atom stereocenters. The Morgan fingerprint density at radius 3 is 2.91 bits per heavy atom. The second-order valence-corrected chi connectivity index (χ2v) is 5.31. The molecule has 22 heavy (non-hydrogen) atoms. The lowest BCUT2D eigenvalue weighted by molar-refractivity contribution is -0.130. The van der Waals surface area contributed by atoms with Crippen molar-refractivity contribution in [2.45, 2.75) is 18.6 Å². The third kappa shape index (κ3) is 1.72. The quantitative estimate of drug-likeness (QED) is 0.517. The number of nitrogens with zero attached hydrogens (tertiary/aromatic N) is 3. The first-order chi connectivity index (χ1) is 10.4. The zero-order valence-electron chi connectivity index (χ0n) is 11.6. The molecule has 0 saturated heterocycles. The number of nitrogens with two attached hydrogens (primary N) is 1. The molecule has 9 heteroatoms. The van der Waals surface area contributed by atoms with Gasteiger partial charge in [-0.05, 0) is 0 Å². The van der Waals surface area contributed by atoms with Gasteiger partial charge in [-0.25, -0.2) is 4.98 Å². The first-order valence-electron chi connectivity index (χ1n) is 6.63. The molecule has 3 atom stereocenters. The van der Waals surface area contributed by atoms with E-state index in [2.05, 4.69) is 21.5 Å². The lowest BCUT2D eigenvalue weighted by Crippen LogP contribution is -2.38. The number of hydrogen-bond acceptors (Lipinski definition) is 7. The number of rotatable bonds is 3. The van der Waals surface area contributed by atoms with E-state index in [9.17, 15) is 19.8 Å². The van der Waals surface area contributed by atoms with Gasteiger partial charge in [-0.2, -0.15) is 4.98 Å². The summed E-state index contributed by atoms with van der Waals surface area (Å²) in [7, 11) is 0. The number of aliphatic hydroxyl groups excluding tert-OH is 2. The van der Waals surface area contributed by atoms with Gasteiger partial charge in [-0.1, -0.05) is 6.08 Å². The van der Waals surface area contributed by atoms with Crippen LogP contribution in [0.15, 0.2) is 23.8 Å². The topological polar surface area (TPSA) is 147 Å². The number of carbonyl (C=O) groups is 1. The summed E-state index contributed by atoms with van der Waals surface area (Å²) in [5, 5.41) is 19.7. The van der Waals surface area contributed by atoms with Crippen molar-refractivity contribution in [2.75, 3.05) is 12.3 Å². The lowest BCUT2D eigenvalue weighted by Gasteiger charge is -2.24. The Labute approximate surface area is 124 Å². The van der Waals surface area contributed by atoms with Crippen molar-refractivity contribution < 1.29 is 15.0 Å². The van der Waals surface area contributed by atoms with Crippen molar-refractivity contribution in [3.8, 4) is 0 Å². The number of aliphatic hydroxyl groups is 2. The number of H-pyrrole nitrogens is 1. The van der Waals surface area contributed by atoms with Crippen molar-refractivity contribution in [3.63, 3.8) is 0 Å². The largest absolute Gasteiger partial charge is 0.395 e. The monoisotopic (exact) mass is 305 g/mol. The van der Waals surface area contributed by atoms with Crippen LogP contribution in [0.25, 0.3) is 11.2 Å². The summed E-state index contributed by atoms with van der Waals surface area (Å²) in [4.78, 5) is 34.7. The van der Waals surface area contributed by atoms with Crippen LogP contribution in [0.3, 0.4) is 0 Å². The summed E-state index contributed by atoms with van der Waals surface area (Å²) in [6.07, 6.45) is 1.54. The van der Waals surface area contributed by atoms with E-state index in [-0.39, 0.29) is 23.5 Å². The number of aromatic nitrogens is 4. The Hall–Kier alpha value is -2.52. The van der Waals surface area contributed by atoms with Gasteiger partial charge in [0.15, 0.2) is 16.9 Å². The van der Waals surface area contributed by atoms with Crippen molar-refractivity contribution >= 4 is 22.9 Å². The van der Waals surface area contributed by atoms with E-state index in [1.54, 1.807) is 0 Å². The molecule has 1 saturated carbocycles. The van der Waals surface area contributed by atoms with Gasteiger partial charge in [0.1, 0.15) is 0 Å². The molecule has 5 N–H and O–H groups in total. The summed E-state index contributed by atoms with van der Waals surface area (Å²) in [5.74, 6) is -0.500. The number of fused-ring (bicyclic) bond motifs is 1. The molecule has 2 aromatic heterocycles. The Morgan fingerprint density at radius 2 is 2.32 bits per heavy atom. The lowest BCUT2D eigenvalue weighted by atomic mass is 9.84. The van der Waals surface area contributed by atoms with Gasteiger partial charge in [0.2, 0.25) is 5.95 Å². The first-order valence-corrected chi connectivity index (χ1v) is 6.63. The maximum Gasteiger partial charge on any atom is 0.280 e. The summed E-state index contributed by atoms with van der Waals surface area (Å²) >= 11 is 0. The summed E-state index contributed by atoms with van der Waals surface area (Å²) in [5.41, 5.74) is 3.80. The van der Waals surface area contributed by atoms with Crippen LogP contribution in [0.5, 0.6) is 0 Å². The number of imidazole rings is 1. The van der Waals surface area contributed by atoms with E-state index in [4.69, 9.17) is 5.73 Å². The zero-order chi connectivity index (χ0) is 16.1. The number of Topliss-reactive ketones (excluding diaryl/α,β-unsaturated/α-hetero) is 1. The molecule has 0 aliphatic heterocycles. The van der Waals surface area contributed by atoms with Crippen LogP contribution in [-0.2, 0) is 4.79 Å². The molecule has 1 fully saturated rings. The zero-order valence-corrected chi connectivity index (χ0v) is 11.6. The third-order valence-corrected chi connectivity index (χ3v) is 4.21. The number of nitrogen functional groups attached to an aromatic ring is 1. The minimum Gasteiger partial charge on any atom is -0.395 e. The van der Waals surface area contributed by atoms with E-state index in [0.29, 0.717) is 0 Å². The number of hydrogen-bond donors (Lipinski definition) is 4. The maximum absolute atomic E-state index is 12.6. The van der Waals surface area contributed by atoms with Crippen LogP contribution in [0, 0.1) is 5.41 Å². The Kier molecular flexibility index (Phi) is 3.11. The van der Waals surface area contributed by atoms with Gasteiger partial charge in [0.05, 0.1) is 30.5 Å². The van der Waals surface area contributed by atoms with Crippen LogP contribution < -0.4 is 11.3 Å². The van der Waals surface area contributed by atoms with Crippen molar-refractivity contribution in [3.05, 3.63) is 29.3 Å². The summed E-state index contributed by atoms with van der Waals surface area (Å²) in [6, 6.07) is -0.807. The molecular formula is C13H15N5O4. The molecule has 0 bridgehead atoms. The molecule has 0 radical (unpaired) electrons. The van der Waals surface area contributed by atoms with Crippen LogP contribution in [0.4, 0.5) is 5.95 Å². The average Bonchev–Trinajstić information content (AvgIpc) is 2.99. The predicted molar refractivity (Wildman–Crippen MR) is 76.9 cm³/mol. The molecule has 9 nitrogen and oxygen atoms in total. The van der Waals surface area contributed by atoms with Gasteiger partial charge in [0.25, 0.3) is 5.56 Å². The van der Waals surface area contributed by atoms with Crippen LogP contribution in [0.1, 0.15) is 12.5 Å². The normalized spacial score (nSPS) is 28.4. The second kappa shape index (κ2) is 4.75. The van der Waals surface area contributed by atoms with Crippen molar-refractivity contribution in [2.24, 2.45) is 5.41 Å². The van der Waals surface area contributed by atoms with E-state index in [0.717, 1.165) is 0 Å². The van der Waals surface area contributed by atoms with Crippen molar-refractivity contribution in [1.82, 2.24) is 19.5 Å². The number of aromatic amines is 1. The molecule has 2 aromatic rings. The van der Waals surface area contributed by atoms with E-state index in [1.165, 1.54) is 17.0 Å². The molecule has 1 aliphatic rings. The average molecular weight is 305 g/mol. The highest BCUT2D eigenvalue weighted by Crippen LogP contribution is 2.42. The third-order valence-electron chi connectivity index (χ3n) is 4.21. The smallest absolute Gasteiger partial charge is 0.280 e. The van der Waals surface area contributed by atoms with Gasteiger partial charge in [-0.3, -0.25) is 14.6 Å². The van der Waals surface area contributed by atoms with Crippen LogP contribution in [0.2, 0.25) is 0 Å². The van der Waals surface area contributed by atoms with Gasteiger partial charge in [0, 0.05) is 6.42 Å². The van der Waals surface area contributed by atoms with Crippen LogP contribution in [-0.4, -0.2) is 48.2 Å². The van der Waals surface area contributed by atoms with E-state index in [1.807, 2.05) is 0 Å². The van der Waals surface area contributed by atoms with E-state index >= 15 is 0 Å². The second-order valence-electron chi connectivity index (χ2n) is 5.31. The fourth-order valence-corrected chi connectivity index (χ4v) is 2.90. The predicted octanol–water partition coefficient (Wildman–Crippen LogP) is -1.26. The standard InChI is InChI=1S/C13H15N5O4/c1-2-13(4-19)7(20)3-6(9(13)21)18-5-15-8-10(18)16-12(14)17-11(8)22/h2,5-7,19-20H,1,3-4H2,(H3,14,16,17,22)/t6-,7-,13+/m0/s1. The number of carbonyl (C=O) groups excluding carboxylic acids is 1. The summed E-state index contributed by atoms with van der Waals surface area (Å²) < 4.78 is 1.40. The molecule has 2 heterocycles. The highest BCUT2D eigenvalue weighted by Gasteiger charge is 2.53. The number of anilines is 1. The first kappa shape index (κ1) is 14.4. The molecular weight excluding hydrogens is 290 g/mol. The fraction of sp³-hybridized carbons (Fsp3) is 0.385. The fourth-order valence-electron chi connectivity index (χ4n) is 2.90. The molecule has 3 rings (SSSR count). The number of nitrogens with one attached hydrogen (secondary N) is 1. The Morgan fingerprint density at radius 1 is 1.59 bits per heavy atom. The highest BCUT2D eigenvalue weighted by molar-refractivity contribution is 5.94. The Balaban J connectivity index is 2.16. The Bertz CT molecular complexity index is 825. The van der Waals surface area contributed by atoms with Gasteiger partial charge < -0.3 is 20.5 Å².